The molecule has 0 aromatic heterocycles. The first kappa shape index (κ1) is 26.0. The van der Waals surface area contributed by atoms with Crippen molar-refractivity contribution in [3.8, 4) is 0 Å². The lowest BCUT2D eigenvalue weighted by atomic mass is 9.44. The molecule has 0 N–H and O–H groups in total. The van der Waals surface area contributed by atoms with Crippen LogP contribution in [0.4, 0.5) is 0 Å². The predicted octanol–water partition coefficient (Wildman–Crippen LogP) is 5.57. The van der Waals surface area contributed by atoms with Crippen molar-refractivity contribution in [1.29, 1.82) is 0 Å². The van der Waals surface area contributed by atoms with Crippen molar-refractivity contribution < 1.29 is 19.2 Å². The first-order valence-electron chi connectivity index (χ1n) is 15.0. The van der Waals surface area contributed by atoms with Crippen molar-refractivity contribution in [3.63, 3.8) is 0 Å². The van der Waals surface area contributed by atoms with Crippen molar-refractivity contribution in [2.45, 2.75) is 91.5 Å². The Morgan fingerprint density at radius 3 is 2.55 bits per heavy atom. The summed E-state index contributed by atoms with van der Waals surface area (Å²) in [5.74, 6) is 1.90. The SMILES string of the molecule is C[C@H](CCC(=O)N1CCc2ccccc2C1)[C@H]1CC[C@H]2[C@@H]3C(=O)C[C@@H]4CC(=O)CC[C@]4(C)[C@H]3CC(=O)[C@]12C. The Hall–Kier alpha value is -2.30. The Morgan fingerprint density at radius 2 is 1.76 bits per heavy atom. The van der Waals surface area contributed by atoms with Crippen molar-refractivity contribution >= 4 is 23.3 Å². The van der Waals surface area contributed by atoms with E-state index in [9.17, 15) is 19.2 Å². The van der Waals surface area contributed by atoms with Gasteiger partial charge >= 0.3 is 0 Å². The van der Waals surface area contributed by atoms with Gasteiger partial charge in [0.1, 0.15) is 17.3 Å². The maximum absolute atomic E-state index is 14.0. The Labute approximate surface area is 227 Å². The summed E-state index contributed by atoms with van der Waals surface area (Å²) in [7, 11) is 0. The van der Waals surface area contributed by atoms with Crippen LogP contribution in [0.15, 0.2) is 24.3 Å². The Kier molecular flexibility index (Phi) is 6.43. The van der Waals surface area contributed by atoms with E-state index in [0.29, 0.717) is 50.2 Å². The molecule has 1 amide bonds. The summed E-state index contributed by atoms with van der Waals surface area (Å²) in [5, 5.41) is 0. The molecule has 8 atom stereocenters. The third-order valence-electron chi connectivity index (χ3n) is 12.2. The number of nitrogens with zero attached hydrogens (tertiary/aromatic N) is 1. The monoisotopic (exact) mass is 517 g/mol. The van der Waals surface area contributed by atoms with Crippen molar-refractivity contribution in [2.75, 3.05) is 6.54 Å². The summed E-state index contributed by atoms with van der Waals surface area (Å²) < 4.78 is 0. The van der Waals surface area contributed by atoms with Crippen LogP contribution in [0.2, 0.25) is 0 Å². The molecule has 5 heteroatoms. The molecule has 4 saturated carbocycles. The number of hydrogen-bond donors (Lipinski definition) is 0. The fraction of sp³-hybridized carbons (Fsp3) is 0.697. The van der Waals surface area contributed by atoms with Gasteiger partial charge in [-0.3, -0.25) is 19.2 Å². The standard InChI is InChI=1S/C33H43NO4/c1-20(8-11-30(38)34-15-13-21-6-4-5-7-22(21)19-34)25-9-10-26-31-27(18-29(37)33(25,26)3)32(2)14-12-24(35)16-23(32)17-28(31)36/h4-7,20,23,25-27,31H,8-19H2,1-3H3/t20-,23+,25-,26+,27+,31+,32+,33-/m1/s1. The van der Waals surface area contributed by atoms with Gasteiger partial charge in [-0.15, -0.1) is 0 Å². The van der Waals surface area contributed by atoms with Crippen LogP contribution in [0.5, 0.6) is 0 Å². The van der Waals surface area contributed by atoms with Crippen molar-refractivity contribution in [3.05, 3.63) is 35.4 Å². The minimum atomic E-state index is -0.475. The largest absolute Gasteiger partial charge is 0.338 e. The highest BCUT2D eigenvalue weighted by atomic mass is 16.2. The zero-order chi connectivity index (χ0) is 26.8. The van der Waals surface area contributed by atoms with Gasteiger partial charge in [-0.25, -0.2) is 0 Å². The molecule has 0 unspecified atom stereocenters. The third kappa shape index (κ3) is 3.93. The highest BCUT2D eigenvalue weighted by Crippen LogP contribution is 2.66. The van der Waals surface area contributed by atoms with Crippen molar-refractivity contribution in [2.24, 2.45) is 46.3 Å². The van der Waals surface area contributed by atoms with Crippen LogP contribution in [-0.2, 0) is 32.1 Å². The van der Waals surface area contributed by atoms with Gasteiger partial charge in [-0.2, -0.15) is 0 Å². The molecule has 0 radical (unpaired) electrons. The van der Waals surface area contributed by atoms with Crippen LogP contribution in [0.1, 0.15) is 89.7 Å². The number of carbonyl (C=O) groups excluding carboxylic acids is 4. The molecule has 1 aliphatic heterocycles. The van der Waals surface area contributed by atoms with E-state index in [1.165, 1.54) is 11.1 Å². The summed E-state index contributed by atoms with van der Waals surface area (Å²) in [5.41, 5.74) is 2.05. The number of hydrogen-bond acceptors (Lipinski definition) is 4. The molecule has 5 aliphatic rings. The molecule has 0 spiro atoms. The molecule has 6 rings (SSSR count). The molecule has 5 nitrogen and oxygen atoms in total. The predicted molar refractivity (Wildman–Crippen MR) is 145 cm³/mol. The summed E-state index contributed by atoms with van der Waals surface area (Å²) in [6, 6.07) is 8.40. The number of amides is 1. The topological polar surface area (TPSA) is 71.5 Å². The smallest absolute Gasteiger partial charge is 0.222 e. The maximum Gasteiger partial charge on any atom is 0.222 e. The number of rotatable bonds is 4. The second-order valence-corrected chi connectivity index (χ2v) is 13.8. The summed E-state index contributed by atoms with van der Waals surface area (Å²) in [6.45, 7) is 8.12. The summed E-state index contributed by atoms with van der Waals surface area (Å²) in [4.78, 5) is 55.0. The molecule has 0 saturated heterocycles. The quantitative estimate of drug-likeness (QED) is 0.523. The van der Waals surface area contributed by atoms with E-state index in [4.69, 9.17) is 0 Å². The zero-order valence-electron chi connectivity index (χ0n) is 23.3. The molecule has 1 aromatic rings. The molecule has 1 aromatic carbocycles. The van der Waals surface area contributed by atoms with Crippen LogP contribution in [0, 0.1) is 46.3 Å². The molecule has 4 fully saturated rings. The van der Waals surface area contributed by atoms with E-state index >= 15 is 0 Å². The van der Waals surface area contributed by atoms with Gasteiger partial charge in [-0.05, 0) is 78.2 Å². The van der Waals surface area contributed by atoms with Crippen LogP contribution in [0.25, 0.3) is 0 Å². The lowest BCUT2D eigenvalue weighted by molar-refractivity contribution is -0.166. The number of benzene rings is 1. The molecular formula is C33H43NO4. The second kappa shape index (κ2) is 9.41. The summed E-state index contributed by atoms with van der Waals surface area (Å²) in [6.07, 6.45) is 7.06. The van der Waals surface area contributed by atoms with E-state index < -0.39 is 5.41 Å². The molecule has 38 heavy (non-hydrogen) atoms. The Bertz CT molecular complexity index is 1170. The maximum atomic E-state index is 14.0. The average molecular weight is 518 g/mol. The van der Waals surface area contributed by atoms with Crippen LogP contribution < -0.4 is 0 Å². The molecule has 0 bridgehead atoms. The first-order valence-corrected chi connectivity index (χ1v) is 15.0. The van der Waals surface area contributed by atoms with Crippen molar-refractivity contribution in [1.82, 2.24) is 4.90 Å². The lowest BCUT2D eigenvalue weighted by Gasteiger charge is -2.58. The van der Waals surface area contributed by atoms with E-state index in [1.807, 2.05) is 11.0 Å². The fourth-order valence-corrected chi connectivity index (χ4v) is 9.81. The number of carbonyl (C=O) groups is 4. The minimum Gasteiger partial charge on any atom is -0.338 e. The molecule has 204 valence electrons. The van der Waals surface area contributed by atoms with Crippen LogP contribution >= 0.6 is 0 Å². The Morgan fingerprint density at radius 1 is 1.00 bits per heavy atom. The zero-order valence-corrected chi connectivity index (χ0v) is 23.3. The summed E-state index contributed by atoms with van der Waals surface area (Å²) >= 11 is 0. The van der Waals surface area contributed by atoms with Crippen LogP contribution in [-0.4, -0.2) is 34.7 Å². The number of ketones is 3. The van der Waals surface area contributed by atoms with E-state index in [0.717, 1.165) is 38.6 Å². The van der Waals surface area contributed by atoms with Gasteiger partial charge in [0, 0.05) is 56.5 Å². The van der Waals surface area contributed by atoms with Gasteiger partial charge in [0.15, 0.2) is 0 Å². The van der Waals surface area contributed by atoms with Crippen LogP contribution in [0.3, 0.4) is 0 Å². The van der Waals surface area contributed by atoms with E-state index in [1.54, 1.807) is 0 Å². The van der Waals surface area contributed by atoms with E-state index in [-0.39, 0.29) is 52.6 Å². The average Bonchev–Trinajstić information content (AvgIpc) is 3.27. The van der Waals surface area contributed by atoms with Gasteiger partial charge in [0.25, 0.3) is 0 Å². The Balaban J connectivity index is 1.15. The third-order valence-corrected chi connectivity index (χ3v) is 12.2. The molecule has 1 heterocycles. The molecule has 4 aliphatic carbocycles. The highest BCUT2D eigenvalue weighted by molar-refractivity contribution is 5.93. The van der Waals surface area contributed by atoms with Gasteiger partial charge in [0.05, 0.1) is 0 Å². The fourth-order valence-electron chi connectivity index (χ4n) is 9.81. The number of fused-ring (bicyclic) bond motifs is 6. The normalized spacial score (nSPS) is 39.2. The lowest BCUT2D eigenvalue weighted by Crippen LogP contribution is -2.60. The first-order chi connectivity index (χ1) is 18.1. The molecular weight excluding hydrogens is 474 g/mol. The highest BCUT2D eigenvalue weighted by Gasteiger charge is 2.66. The second-order valence-electron chi connectivity index (χ2n) is 13.8. The number of Topliss-reactive ketones (excluding diaryl/α,β-unsaturated/α-hetero) is 3. The minimum absolute atomic E-state index is 0.0422. The van der Waals surface area contributed by atoms with Gasteiger partial charge < -0.3 is 4.90 Å². The van der Waals surface area contributed by atoms with Gasteiger partial charge in [-0.1, -0.05) is 45.0 Å². The van der Waals surface area contributed by atoms with E-state index in [2.05, 4.69) is 39.0 Å². The van der Waals surface area contributed by atoms with Gasteiger partial charge in [0.2, 0.25) is 5.91 Å².